The maximum atomic E-state index is 14.2. The number of fused-ring (bicyclic) bond motifs is 2. The van der Waals surface area contributed by atoms with Crippen molar-refractivity contribution < 1.29 is 18.3 Å². The highest BCUT2D eigenvalue weighted by atomic mass is 19.3. The Hall–Kier alpha value is -3.35. The molecule has 0 radical (unpaired) electrons. The van der Waals surface area contributed by atoms with Gasteiger partial charge in [0.05, 0.1) is 5.69 Å². The van der Waals surface area contributed by atoms with Crippen LogP contribution in [0, 0.1) is 17.2 Å². The molecule has 0 bridgehead atoms. The lowest BCUT2D eigenvalue weighted by Crippen LogP contribution is -2.24. The van der Waals surface area contributed by atoms with Crippen LogP contribution < -0.4 is 15.0 Å². The Kier molecular flexibility index (Phi) is 4.55. The van der Waals surface area contributed by atoms with Crippen molar-refractivity contribution in [1.29, 1.82) is 5.26 Å². The molecule has 8 nitrogen and oxygen atoms in total. The summed E-state index contributed by atoms with van der Waals surface area (Å²) in [7, 11) is 0. The van der Waals surface area contributed by atoms with E-state index >= 15 is 0 Å². The Balaban J connectivity index is 1.56. The Morgan fingerprint density at radius 2 is 2.12 bits per heavy atom. The second kappa shape index (κ2) is 7.08. The molecule has 166 valence electrons. The van der Waals surface area contributed by atoms with Crippen molar-refractivity contribution in [3.63, 3.8) is 0 Å². The summed E-state index contributed by atoms with van der Waals surface area (Å²) in [6, 6.07) is 5.33. The lowest BCUT2D eigenvalue weighted by molar-refractivity contribution is -0.114. The summed E-state index contributed by atoms with van der Waals surface area (Å²) in [6.07, 6.45) is 4.66. The minimum atomic E-state index is -3.28. The molecule has 10 heteroatoms. The van der Waals surface area contributed by atoms with Crippen molar-refractivity contribution >= 4 is 23.2 Å². The molecule has 5 rings (SSSR count). The maximum Gasteiger partial charge on any atom is 0.304 e. The summed E-state index contributed by atoms with van der Waals surface area (Å²) in [5.41, 5.74) is 1.67. The molecule has 3 heterocycles. The summed E-state index contributed by atoms with van der Waals surface area (Å²) in [6.45, 7) is 2.69. The highest BCUT2D eigenvalue weighted by Crippen LogP contribution is 2.58. The van der Waals surface area contributed by atoms with Gasteiger partial charge in [0.25, 0.3) is 0 Å². The zero-order chi connectivity index (χ0) is 22.7. The van der Waals surface area contributed by atoms with Gasteiger partial charge in [0.1, 0.15) is 17.7 Å². The van der Waals surface area contributed by atoms with Crippen LogP contribution in [0.2, 0.25) is 0 Å². The van der Waals surface area contributed by atoms with Crippen LogP contribution in [0.25, 0.3) is 0 Å². The third-order valence-electron chi connectivity index (χ3n) is 6.15. The molecule has 1 unspecified atom stereocenters. The van der Waals surface area contributed by atoms with Crippen LogP contribution in [-0.2, 0) is 16.1 Å². The van der Waals surface area contributed by atoms with Gasteiger partial charge in [-0.2, -0.15) is 19.0 Å². The molecule has 1 aliphatic heterocycles. The maximum absolute atomic E-state index is 14.2. The number of nitrogens with zero attached hydrogens (tertiary/aromatic N) is 5. The molecule has 2 aromatic heterocycles. The number of pyridine rings is 1. The van der Waals surface area contributed by atoms with Gasteiger partial charge < -0.3 is 15.0 Å². The summed E-state index contributed by atoms with van der Waals surface area (Å²) in [5.74, 6) is -3.50. The summed E-state index contributed by atoms with van der Waals surface area (Å²) >= 11 is 0. The number of nitrogens with one attached hydrogen (secondary N) is 1. The minimum absolute atomic E-state index is 0.0422. The lowest BCUT2D eigenvalue weighted by Gasteiger charge is -2.22. The van der Waals surface area contributed by atoms with E-state index in [1.54, 1.807) is 12.3 Å². The van der Waals surface area contributed by atoms with E-state index in [0.717, 1.165) is 43.9 Å². The van der Waals surface area contributed by atoms with Gasteiger partial charge in [-0.3, -0.25) is 4.79 Å². The number of hydrogen-bond donors (Lipinski definition) is 1. The Morgan fingerprint density at radius 1 is 1.38 bits per heavy atom. The fourth-order valence-corrected chi connectivity index (χ4v) is 4.15. The van der Waals surface area contributed by atoms with Crippen LogP contribution in [0.3, 0.4) is 0 Å². The highest BCUT2D eigenvalue weighted by Gasteiger charge is 2.53. The van der Waals surface area contributed by atoms with Gasteiger partial charge >= 0.3 is 5.92 Å². The molecular formula is C22H22F2N6O2. The summed E-state index contributed by atoms with van der Waals surface area (Å²) in [4.78, 5) is 25.7. The summed E-state index contributed by atoms with van der Waals surface area (Å²) in [5, 5.41) is 12.1. The van der Waals surface area contributed by atoms with Crippen LogP contribution in [0.5, 0.6) is 5.88 Å². The number of carbonyl (C=O) groups is 1. The molecule has 2 aliphatic carbocycles. The largest absolute Gasteiger partial charge is 0.458 e. The predicted octanol–water partition coefficient (Wildman–Crippen LogP) is 3.81. The van der Waals surface area contributed by atoms with Crippen molar-refractivity contribution in [1.82, 2.24) is 15.0 Å². The molecule has 3 aliphatic rings. The van der Waals surface area contributed by atoms with Gasteiger partial charge in [-0.1, -0.05) is 0 Å². The number of halogens is 2. The Morgan fingerprint density at radius 3 is 2.72 bits per heavy atom. The first-order chi connectivity index (χ1) is 15.2. The summed E-state index contributed by atoms with van der Waals surface area (Å²) < 4.78 is 34.2. The second-order valence-electron chi connectivity index (χ2n) is 8.92. The number of amides is 1. The van der Waals surface area contributed by atoms with Crippen LogP contribution in [-0.4, -0.2) is 33.5 Å². The van der Waals surface area contributed by atoms with Crippen molar-refractivity contribution in [2.75, 3.05) is 16.8 Å². The molecule has 2 aromatic rings. The zero-order valence-electron chi connectivity index (χ0n) is 17.7. The molecular weight excluding hydrogens is 418 g/mol. The van der Waals surface area contributed by atoms with E-state index in [1.165, 1.54) is 13.0 Å². The monoisotopic (exact) mass is 440 g/mol. The second-order valence-corrected chi connectivity index (χ2v) is 8.92. The van der Waals surface area contributed by atoms with Crippen molar-refractivity contribution in [3.8, 4) is 11.9 Å². The van der Waals surface area contributed by atoms with E-state index in [-0.39, 0.29) is 28.9 Å². The topological polar surface area (TPSA) is 104 Å². The van der Waals surface area contributed by atoms with E-state index < -0.39 is 17.9 Å². The molecule has 1 N–H and O–H groups in total. The first kappa shape index (κ1) is 20.5. The van der Waals surface area contributed by atoms with Gasteiger partial charge in [-0.05, 0) is 25.7 Å². The third kappa shape index (κ3) is 3.72. The molecule has 32 heavy (non-hydrogen) atoms. The smallest absolute Gasteiger partial charge is 0.304 e. The molecule has 0 saturated heterocycles. The molecule has 1 atom stereocenters. The molecule has 1 spiro atoms. The Bertz CT molecular complexity index is 1130. The number of hydrogen-bond acceptors (Lipinski definition) is 7. The van der Waals surface area contributed by atoms with E-state index in [2.05, 4.69) is 26.3 Å². The highest BCUT2D eigenvalue weighted by molar-refractivity contribution is 5.89. The van der Waals surface area contributed by atoms with Gasteiger partial charge in [-0.25, -0.2) is 9.97 Å². The predicted molar refractivity (Wildman–Crippen MR) is 111 cm³/mol. The average molecular weight is 440 g/mol. The van der Waals surface area contributed by atoms with Crippen LogP contribution >= 0.6 is 0 Å². The minimum Gasteiger partial charge on any atom is -0.458 e. The molecule has 2 saturated carbocycles. The normalized spacial score (nSPS) is 19.3. The van der Waals surface area contributed by atoms with Crippen molar-refractivity contribution in [2.24, 2.45) is 5.92 Å². The lowest BCUT2D eigenvalue weighted by atomic mass is 10.0. The van der Waals surface area contributed by atoms with Gasteiger partial charge in [-0.15, -0.1) is 0 Å². The fourth-order valence-electron chi connectivity index (χ4n) is 4.15. The number of rotatable bonds is 6. The van der Waals surface area contributed by atoms with Crippen LogP contribution in [0.1, 0.15) is 50.9 Å². The molecule has 0 aromatic carbocycles. The van der Waals surface area contributed by atoms with Crippen LogP contribution in [0.15, 0.2) is 18.3 Å². The van der Waals surface area contributed by atoms with Crippen molar-refractivity contribution in [3.05, 3.63) is 29.7 Å². The van der Waals surface area contributed by atoms with Gasteiger partial charge in [0.15, 0.2) is 6.10 Å². The first-order valence-electron chi connectivity index (χ1n) is 10.6. The van der Waals surface area contributed by atoms with Gasteiger partial charge in [0.2, 0.25) is 17.6 Å². The zero-order valence-corrected chi connectivity index (χ0v) is 17.7. The standard InChI is InChI=1S/C22H22F2N6O2/c1-12(31)27-17-7-15-14(10-26-17)22(5-6-22)11-30(15)18-8-19(29-20(28-18)21(2,23)24)32-16(9-25)13-3-4-13/h7-8,10,13,16H,3-6,11H2,1-2H3,(H,26,27,31). The number of nitriles is 1. The van der Waals surface area contributed by atoms with E-state index in [4.69, 9.17) is 4.74 Å². The SMILES string of the molecule is CC(=O)Nc1cc2c(cn1)C1(CC1)CN2c1cc(OC(C#N)C2CC2)nc(C(C)(F)F)n1. The van der Waals surface area contributed by atoms with E-state index in [0.29, 0.717) is 12.4 Å². The third-order valence-corrected chi connectivity index (χ3v) is 6.15. The number of anilines is 3. The molecule has 1 amide bonds. The number of ether oxygens (including phenoxy) is 1. The van der Waals surface area contributed by atoms with E-state index in [1.807, 2.05) is 4.90 Å². The average Bonchev–Trinajstić information content (AvgIpc) is 3.64. The number of aromatic nitrogens is 3. The number of carbonyl (C=O) groups excluding carboxylic acids is 1. The molecule has 2 fully saturated rings. The van der Waals surface area contributed by atoms with Crippen molar-refractivity contribution in [2.45, 2.75) is 57.0 Å². The number of alkyl halides is 2. The Labute approximate surface area is 183 Å². The van der Waals surface area contributed by atoms with Crippen LogP contribution in [0.4, 0.5) is 26.1 Å². The quantitative estimate of drug-likeness (QED) is 0.728. The first-order valence-corrected chi connectivity index (χ1v) is 10.6. The fraction of sp³-hybridized carbons (Fsp3) is 0.500. The van der Waals surface area contributed by atoms with Gasteiger partial charge in [0, 0.05) is 55.6 Å². The van der Waals surface area contributed by atoms with E-state index in [9.17, 15) is 18.8 Å².